The van der Waals surface area contributed by atoms with Crippen molar-refractivity contribution in [2.75, 3.05) is 6.54 Å². The van der Waals surface area contributed by atoms with Gasteiger partial charge >= 0.3 is 0 Å². The molecule has 1 aromatic carbocycles. The molecular formula is C16H14ClN3O2S. The summed E-state index contributed by atoms with van der Waals surface area (Å²) in [6.45, 7) is 1.72. The van der Waals surface area contributed by atoms with Gasteiger partial charge in [-0.3, -0.25) is 14.3 Å². The number of nitrogens with zero attached hydrogens (tertiary/aromatic N) is 2. The first-order valence-electron chi connectivity index (χ1n) is 6.96. The van der Waals surface area contributed by atoms with Crippen molar-refractivity contribution < 1.29 is 9.59 Å². The Morgan fingerprint density at radius 3 is 2.74 bits per heavy atom. The summed E-state index contributed by atoms with van der Waals surface area (Å²) in [6, 6.07) is 9.24. The molecule has 0 bridgehead atoms. The van der Waals surface area contributed by atoms with Crippen LogP contribution in [0, 0.1) is 6.92 Å². The van der Waals surface area contributed by atoms with Gasteiger partial charge in [-0.15, -0.1) is 11.3 Å². The Labute approximate surface area is 141 Å². The fourth-order valence-electron chi connectivity index (χ4n) is 2.36. The van der Waals surface area contributed by atoms with Crippen LogP contribution in [-0.4, -0.2) is 28.0 Å². The van der Waals surface area contributed by atoms with Crippen molar-refractivity contribution in [3.8, 4) is 0 Å². The largest absolute Gasteiger partial charge is 0.344 e. The highest BCUT2D eigenvalue weighted by atomic mass is 35.5. The number of carbonyl (C=O) groups is 2. The van der Waals surface area contributed by atoms with Crippen molar-refractivity contribution in [1.82, 2.24) is 15.1 Å². The molecule has 2 aromatic heterocycles. The Kier molecular flexibility index (Phi) is 4.19. The second kappa shape index (κ2) is 6.14. The summed E-state index contributed by atoms with van der Waals surface area (Å²) >= 11 is 7.58. The molecule has 0 saturated carbocycles. The summed E-state index contributed by atoms with van der Waals surface area (Å²) in [7, 11) is 1.70. The maximum absolute atomic E-state index is 12.3. The molecule has 7 heteroatoms. The average Bonchev–Trinajstić information content (AvgIpc) is 3.05. The molecule has 0 aliphatic rings. The number of thiophene rings is 1. The van der Waals surface area contributed by atoms with Crippen LogP contribution in [0.4, 0.5) is 0 Å². The third-order valence-electron chi connectivity index (χ3n) is 3.44. The van der Waals surface area contributed by atoms with Crippen molar-refractivity contribution in [3.05, 3.63) is 51.6 Å². The lowest BCUT2D eigenvalue weighted by atomic mass is 10.2. The number of fused-ring (bicyclic) bond motifs is 1. The van der Waals surface area contributed by atoms with Crippen LogP contribution in [0.2, 0.25) is 5.02 Å². The molecule has 0 spiro atoms. The molecular weight excluding hydrogens is 334 g/mol. The van der Waals surface area contributed by atoms with Gasteiger partial charge in [0.15, 0.2) is 5.78 Å². The van der Waals surface area contributed by atoms with Gasteiger partial charge in [-0.1, -0.05) is 29.8 Å². The minimum atomic E-state index is -0.344. The normalized spacial score (nSPS) is 10.9. The summed E-state index contributed by atoms with van der Waals surface area (Å²) in [6.07, 6.45) is 0. The molecule has 0 fully saturated rings. The number of Topliss-reactive ketones (excluding diaryl/α,β-unsaturated/α-hetero) is 1. The zero-order chi connectivity index (χ0) is 16.6. The van der Waals surface area contributed by atoms with Gasteiger partial charge in [0.1, 0.15) is 10.6 Å². The van der Waals surface area contributed by atoms with E-state index >= 15 is 0 Å². The van der Waals surface area contributed by atoms with Gasteiger partial charge in [-0.25, -0.2) is 0 Å². The molecule has 3 aromatic rings. The number of benzene rings is 1. The van der Waals surface area contributed by atoms with Crippen molar-refractivity contribution in [3.63, 3.8) is 0 Å². The van der Waals surface area contributed by atoms with Crippen LogP contribution in [0.1, 0.15) is 25.9 Å². The zero-order valence-corrected chi connectivity index (χ0v) is 14.2. The third kappa shape index (κ3) is 3.00. The Balaban J connectivity index is 1.75. The highest BCUT2D eigenvalue weighted by molar-refractivity contribution is 7.21. The minimum absolute atomic E-state index is 0.0949. The van der Waals surface area contributed by atoms with E-state index in [0.717, 1.165) is 15.8 Å². The Morgan fingerprint density at radius 2 is 2.09 bits per heavy atom. The van der Waals surface area contributed by atoms with E-state index in [-0.39, 0.29) is 18.2 Å². The van der Waals surface area contributed by atoms with E-state index in [0.29, 0.717) is 15.6 Å². The summed E-state index contributed by atoms with van der Waals surface area (Å²) in [5.74, 6) is -0.540. The summed E-state index contributed by atoms with van der Waals surface area (Å²) in [5.41, 5.74) is 1.22. The van der Waals surface area contributed by atoms with Gasteiger partial charge in [0, 0.05) is 17.1 Å². The molecule has 2 heterocycles. The number of ketones is 1. The molecule has 3 rings (SSSR count). The van der Waals surface area contributed by atoms with E-state index in [1.54, 1.807) is 13.1 Å². The van der Waals surface area contributed by atoms with Gasteiger partial charge in [0.05, 0.1) is 17.3 Å². The van der Waals surface area contributed by atoms with Crippen LogP contribution in [-0.2, 0) is 7.05 Å². The Bertz CT molecular complexity index is 913. The summed E-state index contributed by atoms with van der Waals surface area (Å²) in [4.78, 5) is 24.9. The number of carbonyl (C=O) groups excluding carboxylic acids is 2. The molecule has 0 saturated heterocycles. The number of halogens is 1. The standard InChI is InChI=1S/C16H14ClN3O2S/c1-9-7-11(20(2)19-9)12(21)8-18-16(22)15-14(17)10-5-3-4-6-13(10)23-15/h3-7H,8H2,1-2H3,(H,18,22). The van der Waals surface area contributed by atoms with Gasteiger partial charge < -0.3 is 5.32 Å². The highest BCUT2D eigenvalue weighted by Crippen LogP contribution is 2.34. The number of amides is 1. The summed E-state index contributed by atoms with van der Waals surface area (Å²) < 4.78 is 2.45. The molecule has 0 aliphatic heterocycles. The van der Waals surface area contributed by atoms with Crippen LogP contribution in [0.5, 0.6) is 0 Å². The molecule has 5 nitrogen and oxygen atoms in total. The molecule has 0 atom stereocenters. The number of hydrogen-bond donors (Lipinski definition) is 1. The van der Waals surface area contributed by atoms with Crippen molar-refractivity contribution >= 4 is 44.7 Å². The monoisotopic (exact) mass is 347 g/mol. The second-order valence-electron chi connectivity index (χ2n) is 5.14. The highest BCUT2D eigenvalue weighted by Gasteiger charge is 2.18. The van der Waals surface area contributed by atoms with Crippen LogP contribution < -0.4 is 5.32 Å². The molecule has 1 N–H and O–H groups in total. The van der Waals surface area contributed by atoms with Crippen molar-refractivity contribution in [2.24, 2.45) is 7.05 Å². The number of aromatic nitrogens is 2. The van der Waals surface area contributed by atoms with E-state index in [9.17, 15) is 9.59 Å². The van der Waals surface area contributed by atoms with Gasteiger partial charge in [-0.2, -0.15) is 5.10 Å². The number of hydrogen-bond acceptors (Lipinski definition) is 4. The number of nitrogens with one attached hydrogen (secondary N) is 1. The number of rotatable bonds is 4. The average molecular weight is 348 g/mol. The van der Waals surface area contributed by atoms with E-state index < -0.39 is 0 Å². The molecule has 23 heavy (non-hydrogen) atoms. The Hall–Kier alpha value is -2.18. The molecule has 118 valence electrons. The topological polar surface area (TPSA) is 64.0 Å². The fourth-order valence-corrected chi connectivity index (χ4v) is 3.80. The van der Waals surface area contributed by atoms with Crippen molar-refractivity contribution in [1.29, 1.82) is 0 Å². The predicted molar refractivity (Wildman–Crippen MR) is 91.4 cm³/mol. The summed E-state index contributed by atoms with van der Waals surface area (Å²) in [5, 5.41) is 8.02. The SMILES string of the molecule is Cc1cc(C(=O)CNC(=O)c2sc3ccccc3c2Cl)n(C)n1. The maximum Gasteiger partial charge on any atom is 0.263 e. The Morgan fingerprint density at radius 1 is 1.35 bits per heavy atom. The van der Waals surface area contributed by atoms with Crippen LogP contribution in [0.3, 0.4) is 0 Å². The first-order valence-corrected chi connectivity index (χ1v) is 8.16. The predicted octanol–water partition coefficient (Wildman–Crippen LogP) is 3.21. The number of aryl methyl sites for hydroxylation is 2. The first-order chi connectivity index (χ1) is 11.0. The van der Waals surface area contributed by atoms with Gasteiger partial charge in [0.25, 0.3) is 5.91 Å². The van der Waals surface area contributed by atoms with Gasteiger partial charge in [0.2, 0.25) is 0 Å². The van der Waals surface area contributed by atoms with E-state index in [2.05, 4.69) is 10.4 Å². The lowest BCUT2D eigenvalue weighted by Crippen LogP contribution is -2.30. The van der Waals surface area contributed by atoms with E-state index in [1.807, 2.05) is 31.2 Å². The van der Waals surface area contributed by atoms with E-state index in [4.69, 9.17) is 11.6 Å². The van der Waals surface area contributed by atoms with Crippen LogP contribution in [0.15, 0.2) is 30.3 Å². The third-order valence-corrected chi connectivity index (χ3v) is 5.11. The van der Waals surface area contributed by atoms with Crippen LogP contribution >= 0.6 is 22.9 Å². The lowest BCUT2D eigenvalue weighted by molar-refractivity contribution is 0.0903. The maximum atomic E-state index is 12.3. The zero-order valence-electron chi connectivity index (χ0n) is 12.6. The van der Waals surface area contributed by atoms with E-state index in [1.165, 1.54) is 16.0 Å². The molecule has 1 amide bonds. The molecule has 0 unspecified atom stereocenters. The van der Waals surface area contributed by atoms with Crippen molar-refractivity contribution in [2.45, 2.75) is 6.92 Å². The second-order valence-corrected chi connectivity index (χ2v) is 6.57. The molecule has 0 radical (unpaired) electrons. The van der Waals surface area contributed by atoms with Gasteiger partial charge in [-0.05, 0) is 19.1 Å². The first kappa shape index (κ1) is 15.7. The lowest BCUT2D eigenvalue weighted by Gasteiger charge is -2.04. The smallest absolute Gasteiger partial charge is 0.263 e. The van der Waals surface area contributed by atoms with Crippen LogP contribution in [0.25, 0.3) is 10.1 Å². The minimum Gasteiger partial charge on any atom is -0.344 e. The molecule has 0 aliphatic carbocycles. The fraction of sp³-hybridized carbons (Fsp3) is 0.188. The quantitative estimate of drug-likeness (QED) is 0.737.